The first-order valence-corrected chi connectivity index (χ1v) is 6.21. The van der Waals surface area contributed by atoms with Crippen LogP contribution >= 0.6 is 0 Å². The Bertz CT molecular complexity index is 427. The molecule has 0 aliphatic carbocycles. The molecule has 0 aromatic rings. The van der Waals surface area contributed by atoms with Gasteiger partial charge in [-0.1, -0.05) is 5.16 Å². The molecular formula is C12H19N4O3+. The Balaban J connectivity index is 2.77. The molecule has 0 atom stereocenters. The van der Waals surface area contributed by atoms with E-state index < -0.39 is 5.97 Å². The highest BCUT2D eigenvalue weighted by molar-refractivity contribution is 6.42. The third kappa shape index (κ3) is 4.25. The van der Waals surface area contributed by atoms with Gasteiger partial charge in [-0.3, -0.25) is 4.84 Å². The van der Waals surface area contributed by atoms with Crippen molar-refractivity contribution in [2.45, 2.75) is 19.8 Å². The fraction of sp³-hybridized carbons (Fsp3) is 0.667. The van der Waals surface area contributed by atoms with Gasteiger partial charge in [0.05, 0.1) is 33.8 Å². The normalized spacial score (nSPS) is 14.8. The van der Waals surface area contributed by atoms with Gasteiger partial charge in [-0.15, -0.1) is 0 Å². The number of esters is 1. The highest BCUT2D eigenvalue weighted by atomic mass is 16.7. The van der Waals surface area contributed by atoms with Gasteiger partial charge in [0.2, 0.25) is 0 Å². The fourth-order valence-electron chi connectivity index (χ4n) is 1.72. The van der Waals surface area contributed by atoms with Crippen molar-refractivity contribution in [3.8, 4) is 6.07 Å². The first-order valence-electron chi connectivity index (χ1n) is 6.21. The third-order valence-electron chi connectivity index (χ3n) is 2.55. The summed E-state index contributed by atoms with van der Waals surface area (Å²) in [5.41, 5.74) is -0.389. The molecule has 1 heterocycles. The van der Waals surface area contributed by atoms with Gasteiger partial charge in [0, 0.05) is 0 Å². The highest BCUT2D eigenvalue weighted by Crippen LogP contribution is 2.08. The molecule has 1 fully saturated rings. The van der Waals surface area contributed by atoms with Crippen molar-refractivity contribution in [3.05, 3.63) is 0 Å². The summed E-state index contributed by atoms with van der Waals surface area (Å²) in [5, 5.41) is 12.4. The van der Waals surface area contributed by atoms with Crippen LogP contribution in [-0.4, -0.2) is 61.0 Å². The molecule has 1 aliphatic rings. The summed E-state index contributed by atoms with van der Waals surface area (Å²) in [7, 11) is 3.64. The minimum absolute atomic E-state index is 0.190. The Morgan fingerprint density at radius 1 is 1.42 bits per heavy atom. The molecule has 0 aromatic carbocycles. The molecule has 19 heavy (non-hydrogen) atoms. The lowest BCUT2D eigenvalue weighted by Gasteiger charge is -2.11. The monoisotopic (exact) mass is 267 g/mol. The summed E-state index contributed by atoms with van der Waals surface area (Å²) in [6, 6.07) is 2.19. The van der Waals surface area contributed by atoms with Gasteiger partial charge < -0.3 is 4.74 Å². The molecule has 104 valence electrons. The molecule has 7 heteroatoms. The molecule has 0 saturated carbocycles. The number of carbonyl (C=O) groups is 1. The molecule has 7 nitrogen and oxygen atoms in total. The molecule has 0 N–H and O–H groups in total. The minimum atomic E-state index is -0.774. The van der Waals surface area contributed by atoms with Gasteiger partial charge in [0.1, 0.15) is 6.07 Å². The topological polar surface area (TPSA) is 77.9 Å². The molecule has 0 unspecified atom stereocenters. The van der Waals surface area contributed by atoms with Gasteiger partial charge in [-0.25, -0.2) is 14.3 Å². The SMILES string of the molecule is CCOC(=O)/C(C#N)=N/OC(N1CCCC1)=[N+](C)C. The quantitative estimate of drug-likeness (QED) is 0.239. The van der Waals surface area contributed by atoms with Crippen LogP contribution < -0.4 is 0 Å². The number of nitriles is 1. The summed E-state index contributed by atoms with van der Waals surface area (Å²) < 4.78 is 6.46. The maximum absolute atomic E-state index is 11.4. The number of hydrogen-bond donors (Lipinski definition) is 0. The second kappa shape index (κ2) is 7.36. The maximum atomic E-state index is 11.4. The van der Waals surface area contributed by atoms with E-state index in [9.17, 15) is 4.79 Å². The molecule has 0 radical (unpaired) electrons. The highest BCUT2D eigenvalue weighted by Gasteiger charge is 2.27. The van der Waals surface area contributed by atoms with Crippen molar-refractivity contribution in [2.24, 2.45) is 5.16 Å². The van der Waals surface area contributed by atoms with Crippen LogP contribution in [-0.2, 0) is 14.4 Å². The maximum Gasteiger partial charge on any atom is 0.472 e. The van der Waals surface area contributed by atoms with Crippen LogP contribution in [0.4, 0.5) is 0 Å². The summed E-state index contributed by atoms with van der Waals surface area (Å²) in [6.07, 6.45) is 2.18. The van der Waals surface area contributed by atoms with Crippen LogP contribution in [0.5, 0.6) is 0 Å². The van der Waals surface area contributed by atoms with Crippen LogP contribution in [0.25, 0.3) is 0 Å². The van der Waals surface area contributed by atoms with Crippen molar-refractivity contribution in [2.75, 3.05) is 33.8 Å². The van der Waals surface area contributed by atoms with Crippen LogP contribution in [0.1, 0.15) is 19.8 Å². The Morgan fingerprint density at radius 2 is 2.05 bits per heavy atom. The van der Waals surface area contributed by atoms with E-state index in [0.29, 0.717) is 6.02 Å². The number of oxime groups is 1. The molecule has 1 rings (SSSR count). The van der Waals surface area contributed by atoms with Gasteiger partial charge in [-0.05, 0) is 19.8 Å². The summed E-state index contributed by atoms with van der Waals surface area (Å²) in [4.78, 5) is 18.6. The fourth-order valence-corrected chi connectivity index (χ4v) is 1.72. The lowest BCUT2D eigenvalue weighted by atomic mass is 10.4. The van der Waals surface area contributed by atoms with Gasteiger partial charge in [-0.2, -0.15) is 5.26 Å². The van der Waals surface area contributed by atoms with Gasteiger partial charge in [0.25, 0.3) is 5.71 Å². The third-order valence-corrected chi connectivity index (χ3v) is 2.55. The molecule has 0 spiro atoms. The van der Waals surface area contributed by atoms with E-state index in [-0.39, 0.29) is 12.3 Å². The zero-order valence-electron chi connectivity index (χ0n) is 11.5. The van der Waals surface area contributed by atoms with E-state index in [2.05, 4.69) is 5.16 Å². The van der Waals surface area contributed by atoms with Crippen molar-refractivity contribution in [1.82, 2.24) is 4.90 Å². The Labute approximate surface area is 112 Å². The number of nitrogens with zero attached hydrogens (tertiary/aromatic N) is 4. The largest absolute Gasteiger partial charge is 0.472 e. The zero-order valence-corrected chi connectivity index (χ0v) is 11.5. The van der Waals surface area contributed by atoms with E-state index in [1.807, 2.05) is 19.0 Å². The van der Waals surface area contributed by atoms with E-state index >= 15 is 0 Å². The van der Waals surface area contributed by atoms with Crippen LogP contribution in [0, 0.1) is 11.3 Å². The van der Waals surface area contributed by atoms with E-state index in [0.717, 1.165) is 25.9 Å². The van der Waals surface area contributed by atoms with Gasteiger partial charge >= 0.3 is 12.0 Å². The van der Waals surface area contributed by atoms with Crippen LogP contribution in [0.15, 0.2) is 5.16 Å². The van der Waals surface area contributed by atoms with Crippen molar-refractivity contribution < 1.29 is 18.9 Å². The average Bonchev–Trinajstić information content (AvgIpc) is 2.88. The van der Waals surface area contributed by atoms with Crippen LogP contribution in [0.3, 0.4) is 0 Å². The molecule has 0 aromatic heterocycles. The van der Waals surface area contributed by atoms with E-state index in [4.69, 9.17) is 14.8 Å². The smallest absolute Gasteiger partial charge is 0.461 e. The van der Waals surface area contributed by atoms with E-state index in [1.165, 1.54) is 0 Å². The first-order chi connectivity index (χ1) is 9.10. The predicted molar refractivity (Wildman–Crippen MR) is 68.7 cm³/mol. The molecule has 0 amide bonds. The van der Waals surface area contributed by atoms with Crippen LogP contribution in [0.2, 0.25) is 0 Å². The molecule has 1 saturated heterocycles. The first kappa shape index (κ1) is 15.0. The standard InChI is InChI=1S/C12H19N4O3/c1-4-18-11(17)10(9-13)14-19-12(15(2)3)16-7-5-6-8-16/h4-8H2,1-3H3/q+1/b14-10+. The molecule has 0 bridgehead atoms. The van der Waals surface area contributed by atoms with Gasteiger partial charge in [0.15, 0.2) is 0 Å². The van der Waals surface area contributed by atoms with E-state index in [1.54, 1.807) is 17.6 Å². The Morgan fingerprint density at radius 3 is 2.53 bits per heavy atom. The number of amidine groups is 1. The van der Waals surface area contributed by atoms with Crippen molar-refractivity contribution >= 4 is 17.7 Å². The number of rotatable bonds is 3. The lowest BCUT2D eigenvalue weighted by Crippen LogP contribution is -2.35. The summed E-state index contributed by atoms with van der Waals surface area (Å²) in [6.45, 7) is 3.61. The van der Waals surface area contributed by atoms with Crippen molar-refractivity contribution in [1.29, 1.82) is 5.26 Å². The minimum Gasteiger partial charge on any atom is -0.461 e. The number of carbonyl (C=O) groups excluding carboxylic acids is 1. The molecule has 1 aliphatic heterocycles. The number of ether oxygens (including phenoxy) is 1. The second-order valence-electron chi connectivity index (χ2n) is 4.23. The summed E-state index contributed by atoms with van der Waals surface area (Å²) >= 11 is 0. The van der Waals surface area contributed by atoms with Crippen molar-refractivity contribution in [3.63, 3.8) is 0 Å². The summed E-state index contributed by atoms with van der Waals surface area (Å²) in [5.74, 6) is -0.774. The molecular weight excluding hydrogens is 248 g/mol. The lowest BCUT2D eigenvalue weighted by molar-refractivity contribution is -0.481. The number of hydrogen-bond acceptors (Lipinski definition) is 5. The predicted octanol–water partition coefficient (Wildman–Crippen LogP) is 0.170. The second-order valence-corrected chi connectivity index (χ2v) is 4.23. The average molecular weight is 267 g/mol. The number of likely N-dealkylation sites (tertiary alicyclic amines) is 1. The zero-order chi connectivity index (χ0) is 14.3. The Kier molecular flexibility index (Phi) is 5.79. The Hall–Kier alpha value is -2.10.